The van der Waals surface area contributed by atoms with Crippen LogP contribution in [0.3, 0.4) is 0 Å². The molecule has 1 saturated carbocycles. The SMILES string of the molecule is COCCOCCOc1ccc(Cl)cc1CNC1CC1. The van der Waals surface area contributed by atoms with E-state index < -0.39 is 0 Å². The molecular formula is C15H22ClNO3. The summed E-state index contributed by atoms with van der Waals surface area (Å²) in [7, 11) is 1.66. The van der Waals surface area contributed by atoms with Gasteiger partial charge >= 0.3 is 0 Å². The Labute approximate surface area is 125 Å². The topological polar surface area (TPSA) is 39.7 Å². The second-order valence-electron chi connectivity index (χ2n) is 4.86. The number of nitrogens with one attached hydrogen (secondary N) is 1. The number of halogens is 1. The van der Waals surface area contributed by atoms with Gasteiger partial charge in [-0.2, -0.15) is 0 Å². The first-order valence-electron chi connectivity index (χ1n) is 7.01. The molecule has 1 N–H and O–H groups in total. The van der Waals surface area contributed by atoms with Gasteiger partial charge in [-0.05, 0) is 31.0 Å². The van der Waals surface area contributed by atoms with Gasteiger partial charge in [-0.3, -0.25) is 0 Å². The molecule has 0 radical (unpaired) electrons. The molecule has 0 unspecified atom stereocenters. The van der Waals surface area contributed by atoms with Gasteiger partial charge in [0.1, 0.15) is 12.4 Å². The van der Waals surface area contributed by atoms with Crippen molar-refractivity contribution in [3.63, 3.8) is 0 Å². The average molecular weight is 300 g/mol. The molecule has 0 atom stereocenters. The number of hydrogen-bond acceptors (Lipinski definition) is 4. The summed E-state index contributed by atoms with van der Waals surface area (Å²) in [6.45, 7) is 3.09. The molecule has 1 aliphatic rings. The fraction of sp³-hybridized carbons (Fsp3) is 0.600. The maximum Gasteiger partial charge on any atom is 0.124 e. The van der Waals surface area contributed by atoms with E-state index in [2.05, 4.69) is 5.32 Å². The van der Waals surface area contributed by atoms with Gasteiger partial charge in [-0.1, -0.05) is 11.6 Å². The molecule has 0 bridgehead atoms. The highest BCUT2D eigenvalue weighted by Gasteiger charge is 2.20. The van der Waals surface area contributed by atoms with E-state index in [-0.39, 0.29) is 0 Å². The van der Waals surface area contributed by atoms with E-state index >= 15 is 0 Å². The van der Waals surface area contributed by atoms with Crippen LogP contribution in [0.15, 0.2) is 18.2 Å². The van der Waals surface area contributed by atoms with Gasteiger partial charge in [0.15, 0.2) is 0 Å². The first-order chi connectivity index (χ1) is 9.79. The monoisotopic (exact) mass is 299 g/mol. The van der Waals surface area contributed by atoms with E-state index in [1.165, 1.54) is 12.8 Å². The van der Waals surface area contributed by atoms with Crippen molar-refractivity contribution in [2.45, 2.75) is 25.4 Å². The minimum atomic E-state index is 0.530. The van der Waals surface area contributed by atoms with Crippen molar-refractivity contribution < 1.29 is 14.2 Å². The summed E-state index contributed by atoms with van der Waals surface area (Å²) in [5.41, 5.74) is 1.10. The van der Waals surface area contributed by atoms with Crippen LogP contribution >= 0.6 is 11.6 Å². The summed E-state index contributed by atoms with van der Waals surface area (Å²) in [6.07, 6.45) is 2.54. The Morgan fingerprint density at radius 3 is 2.75 bits per heavy atom. The minimum absolute atomic E-state index is 0.530. The Morgan fingerprint density at radius 2 is 2.00 bits per heavy atom. The zero-order chi connectivity index (χ0) is 14.2. The van der Waals surface area contributed by atoms with Crippen LogP contribution in [0.2, 0.25) is 5.02 Å². The molecule has 5 heteroatoms. The summed E-state index contributed by atoms with van der Waals surface area (Å²) in [6, 6.07) is 6.39. The van der Waals surface area contributed by atoms with Crippen LogP contribution in [-0.2, 0) is 16.0 Å². The van der Waals surface area contributed by atoms with E-state index in [1.807, 2.05) is 18.2 Å². The van der Waals surface area contributed by atoms with Crippen molar-refractivity contribution >= 4 is 11.6 Å². The number of ether oxygens (including phenoxy) is 3. The van der Waals surface area contributed by atoms with Crippen molar-refractivity contribution in [3.05, 3.63) is 28.8 Å². The van der Waals surface area contributed by atoms with E-state index in [4.69, 9.17) is 25.8 Å². The Bertz CT molecular complexity index is 410. The highest BCUT2D eigenvalue weighted by molar-refractivity contribution is 6.30. The lowest BCUT2D eigenvalue weighted by Crippen LogP contribution is -2.17. The third-order valence-electron chi connectivity index (χ3n) is 3.10. The fourth-order valence-corrected chi connectivity index (χ4v) is 2.02. The molecule has 0 saturated heterocycles. The molecule has 0 spiro atoms. The summed E-state index contributed by atoms with van der Waals surface area (Å²) in [5, 5.41) is 4.21. The van der Waals surface area contributed by atoms with Gasteiger partial charge in [0.05, 0.1) is 19.8 Å². The molecule has 1 fully saturated rings. The van der Waals surface area contributed by atoms with Gasteiger partial charge in [-0.25, -0.2) is 0 Å². The van der Waals surface area contributed by atoms with Gasteiger partial charge in [0, 0.05) is 30.3 Å². The molecular weight excluding hydrogens is 278 g/mol. The maximum atomic E-state index is 6.04. The van der Waals surface area contributed by atoms with Gasteiger partial charge in [-0.15, -0.1) is 0 Å². The third kappa shape index (κ3) is 5.67. The summed E-state index contributed by atoms with van der Waals surface area (Å²) >= 11 is 6.04. The van der Waals surface area contributed by atoms with Crippen LogP contribution in [0, 0.1) is 0 Å². The van der Waals surface area contributed by atoms with Crippen molar-refractivity contribution in [1.29, 1.82) is 0 Å². The van der Waals surface area contributed by atoms with Crippen molar-refractivity contribution in [3.8, 4) is 5.75 Å². The second-order valence-corrected chi connectivity index (χ2v) is 5.30. The first-order valence-corrected chi connectivity index (χ1v) is 7.38. The Hall–Kier alpha value is -0.810. The van der Waals surface area contributed by atoms with Crippen LogP contribution in [0.1, 0.15) is 18.4 Å². The molecule has 0 heterocycles. The highest BCUT2D eigenvalue weighted by Crippen LogP contribution is 2.25. The largest absolute Gasteiger partial charge is 0.491 e. The van der Waals surface area contributed by atoms with E-state index in [0.29, 0.717) is 32.5 Å². The van der Waals surface area contributed by atoms with Gasteiger partial charge in [0.2, 0.25) is 0 Å². The van der Waals surface area contributed by atoms with Gasteiger partial charge in [0.25, 0.3) is 0 Å². The molecule has 20 heavy (non-hydrogen) atoms. The predicted molar refractivity (Wildman–Crippen MR) is 79.5 cm³/mol. The molecule has 1 aliphatic carbocycles. The Balaban J connectivity index is 1.76. The summed E-state index contributed by atoms with van der Waals surface area (Å²) in [5.74, 6) is 0.873. The smallest absolute Gasteiger partial charge is 0.124 e. The number of benzene rings is 1. The van der Waals surface area contributed by atoms with Crippen molar-refractivity contribution in [2.24, 2.45) is 0 Å². The molecule has 0 aromatic heterocycles. The molecule has 1 aromatic rings. The lowest BCUT2D eigenvalue weighted by atomic mass is 10.2. The highest BCUT2D eigenvalue weighted by atomic mass is 35.5. The molecule has 0 amide bonds. The standard InChI is InChI=1S/C15H22ClNO3/c1-18-6-7-19-8-9-20-15-5-2-13(16)10-12(15)11-17-14-3-4-14/h2,5,10,14,17H,3-4,6-9,11H2,1H3. The second kappa shape index (κ2) is 8.47. The van der Waals surface area contributed by atoms with E-state index in [9.17, 15) is 0 Å². The van der Waals surface area contributed by atoms with Crippen molar-refractivity contribution in [1.82, 2.24) is 5.32 Å². The number of rotatable bonds is 10. The first kappa shape index (κ1) is 15.6. The zero-order valence-corrected chi connectivity index (χ0v) is 12.6. The fourth-order valence-electron chi connectivity index (χ4n) is 1.82. The average Bonchev–Trinajstić information content (AvgIpc) is 3.26. The summed E-state index contributed by atoms with van der Waals surface area (Å²) < 4.78 is 16.0. The van der Waals surface area contributed by atoms with E-state index in [0.717, 1.165) is 22.9 Å². The molecule has 1 aromatic carbocycles. The van der Waals surface area contributed by atoms with Crippen LogP contribution in [-0.4, -0.2) is 39.6 Å². The molecule has 0 aliphatic heterocycles. The number of hydrogen-bond donors (Lipinski definition) is 1. The Kier molecular flexibility index (Phi) is 6.60. The lowest BCUT2D eigenvalue weighted by Gasteiger charge is -2.13. The quantitative estimate of drug-likeness (QED) is 0.674. The predicted octanol–water partition coefficient (Wildman–Crippen LogP) is 2.63. The maximum absolute atomic E-state index is 6.04. The van der Waals surface area contributed by atoms with E-state index in [1.54, 1.807) is 7.11 Å². The number of methoxy groups -OCH3 is 1. The van der Waals surface area contributed by atoms with Crippen LogP contribution in [0.5, 0.6) is 5.75 Å². The zero-order valence-electron chi connectivity index (χ0n) is 11.9. The van der Waals surface area contributed by atoms with Crippen LogP contribution in [0.25, 0.3) is 0 Å². The van der Waals surface area contributed by atoms with Crippen molar-refractivity contribution in [2.75, 3.05) is 33.5 Å². The summed E-state index contributed by atoms with van der Waals surface area (Å²) in [4.78, 5) is 0. The molecule has 2 rings (SSSR count). The molecule has 112 valence electrons. The van der Waals surface area contributed by atoms with Crippen LogP contribution in [0.4, 0.5) is 0 Å². The lowest BCUT2D eigenvalue weighted by molar-refractivity contribution is 0.0542. The Morgan fingerprint density at radius 1 is 1.20 bits per heavy atom. The van der Waals surface area contributed by atoms with Crippen LogP contribution < -0.4 is 10.1 Å². The third-order valence-corrected chi connectivity index (χ3v) is 3.33. The normalized spacial score (nSPS) is 14.5. The minimum Gasteiger partial charge on any atom is -0.491 e. The van der Waals surface area contributed by atoms with Gasteiger partial charge < -0.3 is 19.5 Å². The molecule has 4 nitrogen and oxygen atoms in total.